The summed E-state index contributed by atoms with van der Waals surface area (Å²) in [5, 5.41) is 14.5. The third-order valence-electron chi connectivity index (χ3n) is 3.41. The minimum absolute atomic E-state index is 0.0500. The van der Waals surface area contributed by atoms with Crippen LogP contribution in [0.4, 0.5) is 5.69 Å². The van der Waals surface area contributed by atoms with Gasteiger partial charge in [0.1, 0.15) is 0 Å². The van der Waals surface area contributed by atoms with Gasteiger partial charge in [0.25, 0.3) is 0 Å². The minimum atomic E-state index is -0.814. The lowest BCUT2D eigenvalue weighted by Gasteiger charge is -2.22. The van der Waals surface area contributed by atoms with E-state index in [0.29, 0.717) is 5.69 Å². The van der Waals surface area contributed by atoms with Crippen molar-refractivity contribution in [2.24, 2.45) is 0 Å². The van der Waals surface area contributed by atoms with Gasteiger partial charge >= 0.3 is 5.97 Å². The molecule has 1 amide bonds. The van der Waals surface area contributed by atoms with Gasteiger partial charge in [-0.3, -0.25) is 9.59 Å². The van der Waals surface area contributed by atoms with Crippen molar-refractivity contribution in [3.05, 3.63) is 29.8 Å². The van der Waals surface area contributed by atoms with Gasteiger partial charge < -0.3 is 15.7 Å². The third kappa shape index (κ3) is 4.35. The van der Waals surface area contributed by atoms with Crippen molar-refractivity contribution in [3.8, 4) is 0 Å². The highest BCUT2D eigenvalue weighted by Crippen LogP contribution is 2.21. The zero-order valence-electron chi connectivity index (χ0n) is 12.4. The van der Waals surface area contributed by atoms with Crippen LogP contribution in [0.1, 0.15) is 38.7 Å². The summed E-state index contributed by atoms with van der Waals surface area (Å²) < 4.78 is 0. The number of hydrogen-bond donors (Lipinski definition) is 3. The van der Waals surface area contributed by atoms with Crippen LogP contribution in [0.2, 0.25) is 0 Å². The maximum atomic E-state index is 12.0. The molecule has 5 nitrogen and oxygen atoms in total. The predicted molar refractivity (Wildman–Crippen MR) is 78.9 cm³/mol. The fraction of sp³-hybridized carbons (Fsp3) is 0.467. The van der Waals surface area contributed by atoms with E-state index in [0.717, 1.165) is 5.56 Å². The summed E-state index contributed by atoms with van der Waals surface area (Å²) in [6, 6.07) is 7.26. The fourth-order valence-electron chi connectivity index (χ4n) is 1.68. The Morgan fingerprint density at radius 2 is 1.80 bits per heavy atom. The van der Waals surface area contributed by atoms with E-state index in [1.54, 1.807) is 33.0 Å². The number of nitrogens with one attached hydrogen (secondary N) is 2. The molecule has 0 heterocycles. The second kappa shape index (κ2) is 6.52. The van der Waals surface area contributed by atoms with Crippen LogP contribution in [0.25, 0.3) is 0 Å². The Kier molecular flexibility index (Phi) is 5.27. The zero-order valence-corrected chi connectivity index (χ0v) is 12.4. The lowest BCUT2D eigenvalue weighted by molar-refractivity contribution is -0.137. The second-order valence-corrected chi connectivity index (χ2v) is 5.45. The highest BCUT2D eigenvalue weighted by Gasteiger charge is 2.25. The van der Waals surface area contributed by atoms with Gasteiger partial charge in [0.05, 0.1) is 12.0 Å². The van der Waals surface area contributed by atoms with Gasteiger partial charge in [-0.15, -0.1) is 0 Å². The summed E-state index contributed by atoms with van der Waals surface area (Å²) in [4.78, 5) is 22.7. The van der Waals surface area contributed by atoms with E-state index in [-0.39, 0.29) is 18.2 Å². The number of rotatable bonds is 6. The molecule has 0 saturated carbocycles. The summed E-state index contributed by atoms with van der Waals surface area (Å²) in [5.41, 5.74) is 0.998. The summed E-state index contributed by atoms with van der Waals surface area (Å²) in [6.07, 6.45) is 0.0957. The van der Waals surface area contributed by atoms with E-state index in [9.17, 15) is 9.59 Å². The standard InChI is InChI=1S/C15H22N2O3/c1-10(9-13(18)19)11-5-7-12(8-6-11)17-14(20)15(2,3)16-4/h5-8,10,16H,9H2,1-4H3,(H,17,20)(H,18,19). The van der Waals surface area contributed by atoms with Crippen molar-refractivity contribution in [1.82, 2.24) is 5.32 Å². The number of carboxylic acids is 1. The SMILES string of the molecule is CNC(C)(C)C(=O)Nc1ccc(C(C)CC(=O)O)cc1. The fourth-order valence-corrected chi connectivity index (χ4v) is 1.68. The molecule has 3 N–H and O–H groups in total. The van der Waals surface area contributed by atoms with Crippen LogP contribution in [-0.2, 0) is 9.59 Å². The number of carbonyl (C=O) groups is 2. The molecule has 0 aliphatic heterocycles. The largest absolute Gasteiger partial charge is 0.481 e. The third-order valence-corrected chi connectivity index (χ3v) is 3.41. The Bertz CT molecular complexity index is 480. The number of benzene rings is 1. The van der Waals surface area contributed by atoms with Gasteiger partial charge in [0, 0.05) is 5.69 Å². The highest BCUT2D eigenvalue weighted by atomic mass is 16.4. The first-order chi connectivity index (χ1) is 9.26. The van der Waals surface area contributed by atoms with Crippen molar-refractivity contribution >= 4 is 17.6 Å². The average Bonchev–Trinajstić information content (AvgIpc) is 2.38. The maximum Gasteiger partial charge on any atom is 0.303 e. The van der Waals surface area contributed by atoms with Gasteiger partial charge in [0.15, 0.2) is 0 Å². The summed E-state index contributed by atoms with van der Waals surface area (Å²) in [7, 11) is 1.73. The number of aliphatic carboxylic acids is 1. The van der Waals surface area contributed by atoms with Crippen molar-refractivity contribution in [1.29, 1.82) is 0 Å². The Morgan fingerprint density at radius 1 is 1.25 bits per heavy atom. The molecule has 1 atom stereocenters. The number of anilines is 1. The number of carboxylic acid groups (broad SMARTS) is 1. The quantitative estimate of drug-likeness (QED) is 0.745. The highest BCUT2D eigenvalue weighted by molar-refractivity contribution is 5.97. The van der Waals surface area contributed by atoms with Crippen molar-refractivity contribution in [3.63, 3.8) is 0 Å². The molecule has 1 rings (SSSR count). The first-order valence-electron chi connectivity index (χ1n) is 6.58. The van der Waals surface area contributed by atoms with Gasteiger partial charge in [-0.1, -0.05) is 19.1 Å². The Balaban J connectivity index is 2.72. The number of amides is 1. The van der Waals surface area contributed by atoms with E-state index in [2.05, 4.69) is 10.6 Å². The van der Waals surface area contributed by atoms with E-state index in [4.69, 9.17) is 5.11 Å². The molecule has 0 radical (unpaired) electrons. The summed E-state index contributed by atoms with van der Waals surface area (Å²) >= 11 is 0. The van der Waals surface area contributed by atoms with Crippen molar-refractivity contribution < 1.29 is 14.7 Å². The van der Waals surface area contributed by atoms with Crippen LogP contribution in [0.3, 0.4) is 0 Å². The van der Waals surface area contributed by atoms with E-state index in [1.807, 2.05) is 19.1 Å². The van der Waals surface area contributed by atoms with Crippen molar-refractivity contribution in [2.45, 2.75) is 38.6 Å². The van der Waals surface area contributed by atoms with Gasteiger partial charge in [-0.05, 0) is 44.5 Å². The normalized spacial score (nSPS) is 12.8. The molecule has 0 aliphatic rings. The van der Waals surface area contributed by atoms with E-state index < -0.39 is 11.5 Å². The summed E-state index contributed by atoms with van der Waals surface area (Å²) in [5.74, 6) is -0.983. The smallest absolute Gasteiger partial charge is 0.303 e. The number of hydrogen-bond acceptors (Lipinski definition) is 3. The first kappa shape index (κ1) is 16.2. The van der Waals surface area contributed by atoms with Crippen LogP contribution < -0.4 is 10.6 Å². The van der Waals surface area contributed by atoms with Crippen LogP contribution in [0, 0.1) is 0 Å². The maximum absolute atomic E-state index is 12.0. The van der Waals surface area contributed by atoms with Crippen LogP contribution in [0.15, 0.2) is 24.3 Å². The average molecular weight is 278 g/mol. The van der Waals surface area contributed by atoms with Crippen LogP contribution in [-0.4, -0.2) is 29.6 Å². The van der Waals surface area contributed by atoms with Gasteiger partial charge in [-0.2, -0.15) is 0 Å². The molecule has 0 aromatic heterocycles. The molecule has 110 valence electrons. The Hall–Kier alpha value is -1.88. The molecule has 0 bridgehead atoms. The van der Waals surface area contributed by atoms with Gasteiger partial charge in [-0.25, -0.2) is 0 Å². The second-order valence-electron chi connectivity index (χ2n) is 5.45. The van der Waals surface area contributed by atoms with Gasteiger partial charge in [0.2, 0.25) is 5.91 Å². The van der Waals surface area contributed by atoms with E-state index >= 15 is 0 Å². The first-order valence-corrected chi connectivity index (χ1v) is 6.58. The van der Waals surface area contributed by atoms with Crippen LogP contribution in [0.5, 0.6) is 0 Å². The molecule has 1 aromatic rings. The predicted octanol–water partition coefficient (Wildman–Crippen LogP) is 2.20. The zero-order chi connectivity index (χ0) is 15.3. The minimum Gasteiger partial charge on any atom is -0.481 e. The lowest BCUT2D eigenvalue weighted by Crippen LogP contribution is -2.47. The Morgan fingerprint density at radius 3 is 2.25 bits per heavy atom. The monoisotopic (exact) mass is 278 g/mol. The number of likely N-dealkylation sites (N-methyl/N-ethyl adjacent to an activating group) is 1. The van der Waals surface area contributed by atoms with Crippen LogP contribution >= 0.6 is 0 Å². The molecule has 0 fully saturated rings. The van der Waals surface area contributed by atoms with Crippen molar-refractivity contribution in [2.75, 3.05) is 12.4 Å². The Labute approximate surface area is 119 Å². The molecule has 1 aromatic carbocycles. The molecular formula is C15H22N2O3. The van der Waals surface area contributed by atoms with E-state index in [1.165, 1.54) is 0 Å². The molecule has 5 heteroatoms. The lowest BCUT2D eigenvalue weighted by atomic mass is 9.97. The molecule has 0 spiro atoms. The molecule has 1 unspecified atom stereocenters. The number of carbonyl (C=O) groups excluding carboxylic acids is 1. The molecule has 0 aliphatic carbocycles. The summed E-state index contributed by atoms with van der Waals surface area (Å²) in [6.45, 7) is 5.46. The molecule has 20 heavy (non-hydrogen) atoms. The molecular weight excluding hydrogens is 256 g/mol. The molecule has 0 saturated heterocycles. The topological polar surface area (TPSA) is 78.4 Å².